The van der Waals surface area contributed by atoms with E-state index in [4.69, 9.17) is 9.40 Å². The Labute approximate surface area is 202 Å². The monoisotopic (exact) mass is 467 g/mol. The lowest BCUT2D eigenvalue weighted by Crippen LogP contribution is -2.45. The smallest absolute Gasteiger partial charge is 0.225 e. The molecule has 4 aromatic rings. The van der Waals surface area contributed by atoms with Gasteiger partial charge in [0, 0.05) is 42.2 Å². The molecule has 2 fully saturated rings. The molecule has 1 N–H and O–H groups in total. The van der Waals surface area contributed by atoms with Crippen molar-refractivity contribution in [2.24, 2.45) is 5.92 Å². The first-order valence-corrected chi connectivity index (χ1v) is 12.0. The summed E-state index contributed by atoms with van der Waals surface area (Å²) in [7, 11) is 0. The van der Waals surface area contributed by atoms with Gasteiger partial charge >= 0.3 is 0 Å². The molecule has 1 atom stereocenters. The molecule has 9 heteroatoms. The zero-order valence-corrected chi connectivity index (χ0v) is 19.2. The van der Waals surface area contributed by atoms with Crippen molar-refractivity contribution in [1.82, 2.24) is 24.4 Å². The van der Waals surface area contributed by atoms with Crippen LogP contribution in [0, 0.1) is 17.2 Å². The summed E-state index contributed by atoms with van der Waals surface area (Å²) in [5, 5.41) is 13.8. The van der Waals surface area contributed by atoms with Gasteiger partial charge in [0.2, 0.25) is 11.9 Å². The lowest BCUT2D eigenvalue weighted by Gasteiger charge is -2.33. The zero-order chi connectivity index (χ0) is 23.8. The number of nitriles is 1. The van der Waals surface area contributed by atoms with Crippen LogP contribution in [0.1, 0.15) is 31.4 Å². The van der Waals surface area contributed by atoms with Crippen LogP contribution in [0.25, 0.3) is 28.2 Å². The first-order valence-electron chi connectivity index (χ1n) is 12.0. The van der Waals surface area contributed by atoms with Gasteiger partial charge in [-0.1, -0.05) is 0 Å². The molecule has 1 amide bonds. The van der Waals surface area contributed by atoms with Crippen molar-refractivity contribution in [3.63, 3.8) is 0 Å². The number of amides is 1. The third-order valence-corrected chi connectivity index (χ3v) is 6.67. The number of hydrogen-bond acceptors (Lipinski definition) is 7. The van der Waals surface area contributed by atoms with Gasteiger partial charge in [-0.05, 0) is 56.0 Å². The van der Waals surface area contributed by atoms with E-state index in [1.165, 1.54) is 0 Å². The Bertz CT molecular complexity index is 1430. The Morgan fingerprint density at radius 2 is 2.11 bits per heavy atom. The molecule has 1 saturated heterocycles. The van der Waals surface area contributed by atoms with Crippen molar-refractivity contribution in [3.8, 4) is 23.3 Å². The van der Waals surface area contributed by atoms with Crippen LogP contribution >= 0.6 is 0 Å². The van der Waals surface area contributed by atoms with E-state index >= 15 is 0 Å². The molecule has 1 unspecified atom stereocenters. The molecule has 3 aromatic heterocycles. The van der Waals surface area contributed by atoms with Crippen molar-refractivity contribution in [1.29, 1.82) is 5.26 Å². The van der Waals surface area contributed by atoms with Gasteiger partial charge in [0.15, 0.2) is 0 Å². The molecule has 35 heavy (non-hydrogen) atoms. The van der Waals surface area contributed by atoms with Gasteiger partial charge in [-0.2, -0.15) is 10.2 Å². The second-order valence-electron chi connectivity index (χ2n) is 9.20. The van der Waals surface area contributed by atoms with Gasteiger partial charge in [-0.15, -0.1) is 0 Å². The van der Waals surface area contributed by atoms with E-state index < -0.39 is 0 Å². The largest absolute Gasteiger partial charge is 0.464 e. The van der Waals surface area contributed by atoms with Crippen LogP contribution in [-0.2, 0) is 11.2 Å². The van der Waals surface area contributed by atoms with Gasteiger partial charge in [-0.25, -0.2) is 9.97 Å². The van der Waals surface area contributed by atoms with E-state index in [0.717, 1.165) is 54.5 Å². The van der Waals surface area contributed by atoms with E-state index in [0.29, 0.717) is 24.1 Å². The fraction of sp³-hybridized carbons (Fsp3) is 0.346. The fourth-order valence-electron chi connectivity index (χ4n) is 4.77. The van der Waals surface area contributed by atoms with Crippen LogP contribution < -0.4 is 5.32 Å². The summed E-state index contributed by atoms with van der Waals surface area (Å²) in [6.07, 6.45) is 9.25. The van der Waals surface area contributed by atoms with Crippen LogP contribution in [0.3, 0.4) is 0 Å². The average molecular weight is 468 g/mol. The molecule has 1 saturated carbocycles. The Morgan fingerprint density at radius 3 is 2.97 bits per heavy atom. The number of likely N-dealkylation sites (tertiary alicyclic amines) is 1. The Balaban J connectivity index is 1.30. The maximum Gasteiger partial charge on any atom is 0.225 e. The van der Waals surface area contributed by atoms with Gasteiger partial charge < -0.3 is 14.6 Å². The summed E-state index contributed by atoms with van der Waals surface area (Å²) >= 11 is 0. The lowest BCUT2D eigenvalue weighted by atomic mass is 10.1. The number of carbonyl (C=O) groups excluding carboxylic acids is 1. The number of nitrogens with zero attached hydrogens (tertiary/aromatic N) is 6. The predicted molar refractivity (Wildman–Crippen MR) is 130 cm³/mol. The first kappa shape index (κ1) is 21.4. The molecule has 1 aliphatic heterocycles. The minimum atomic E-state index is 0.103. The van der Waals surface area contributed by atoms with Gasteiger partial charge in [0.25, 0.3) is 0 Å². The predicted octanol–water partition coefficient (Wildman–Crippen LogP) is 3.95. The zero-order valence-electron chi connectivity index (χ0n) is 19.2. The molecular formula is C26H25N7O2. The topological polar surface area (TPSA) is 113 Å². The molecule has 0 radical (unpaired) electrons. The Hall–Kier alpha value is -4.19. The van der Waals surface area contributed by atoms with Crippen LogP contribution in [-0.4, -0.2) is 49.5 Å². The third kappa shape index (κ3) is 4.23. The summed E-state index contributed by atoms with van der Waals surface area (Å²) < 4.78 is 7.37. The molecule has 0 bridgehead atoms. The number of nitrogens with one attached hydrogen (secondary N) is 1. The van der Waals surface area contributed by atoms with Gasteiger partial charge in [-0.3, -0.25) is 9.36 Å². The third-order valence-electron chi connectivity index (χ3n) is 6.67. The molecule has 9 nitrogen and oxygen atoms in total. The molecule has 176 valence electrons. The number of piperidine rings is 1. The first-order chi connectivity index (χ1) is 17.2. The molecule has 1 aliphatic carbocycles. The minimum absolute atomic E-state index is 0.103. The van der Waals surface area contributed by atoms with Crippen molar-refractivity contribution in [3.05, 3.63) is 54.7 Å². The summed E-state index contributed by atoms with van der Waals surface area (Å²) in [6, 6.07) is 11.9. The maximum absolute atomic E-state index is 12.5. The van der Waals surface area contributed by atoms with Gasteiger partial charge in [0.1, 0.15) is 17.2 Å². The highest BCUT2D eigenvalue weighted by atomic mass is 16.3. The molecule has 6 rings (SSSR count). The minimum Gasteiger partial charge on any atom is -0.464 e. The number of furan rings is 1. The maximum atomic E-state index is 12.5. The normalized spacial score (nSPS) is 17.9. The van der Waals surface area contributed by atoms with Crippen molar-refractivity contribution in [2.75, 3.05) is 18.4 Å². The highest BCUT2D eigenvalue weighted by molar-refractivity contribution is 5.82. The molecule has 1 aromatic carbocycles. The van der Waals surface area contributed by atoms with Crippen LogP contribution in [0.4, 0.5) is 5.95 Å². The van der Waals surface area contributed by atoms with Crippen LogP contribution in [0.5, 0.6) is 0 Å². The second kappa shape index (κ2) is 8.87. The van der Waals surface area contributed by atoms with Crippen molar-refractivity contribution < 1.29 is 9.21 Å². The van der Waals surface area contributed by atoms with E-state index in [9.17, 15) is 10.1 Å². The fourth-order valence-corrected chi connectivity index (χ4v) is 4.77. The number of rotatable bonds is 6. The van der Waals surface area contributed by atoms with Gasteiger partial charge in [0.05, 0.1) is 30.6 Å². The molecule has 0 spiro atoms. The number of fused-ring (bicyclic) bond motifs is 1. The number of carbonyl (C=O) groups is 1. The van der Waals surface area contributed by atoms with Crippen LogP contribution in [0.15, 0.2) is 53.4 Å². The van der Waals surface area contributed by atoms with E-state index in [2.05, 4.69) is 21.4 Å². The number of aromatic nitrogens is 4. The Kier molecular flexibility index (Phi) is 5.41. The number of imidazole rings is 1. The Morgan fingerprint density at radius 1 is 1.20 bits per heavy atom. The van der Waals surface area contributed by atoms with E-state index in [1.807, 2.05) is 39.8 Å². The van der Waals surface area contributed by atoms with Crippen molar-refractivity contribution >= 4 is 22.8 Å². The van der Waals surface area contributed by atoms with Crippen molar-refractivity contribution in [2.45, 2.75) is 38.1 Å². The summed E-state index contributed by atoms with van der Waals surface area (Å²) in [4.78, 5) is 28.3. The van der Waals surface area contributed by atoms with E-state index in [-0.39, 0.29) is 24.3 Å². The average Bonchev–Trinajstić information content (AvgIpc) is 3.48. The molecule has 4 heterocycles. The summed E-state index contributed by atoms with van der Waals surface area (Å²) in [5.41, 5.74) is 2.45. The number of anilines is 1. The standard InChI is InChI=1S/C26H25N7O2/c27-10-7-21-15-29-24(19-5-6-22-18(14-19)9-13-35-22)33(21)23-8-11-28-26(31-23)30-20-2-1-12-32(16-20)25(34)17-3-4-17/h5-6,8-9,11,13-15,17,20H,1-4,7,12,16H2,(H,28,30,31). The number of benzene rings is 1. The highest BCUT2D eigenvalue weighted by Crippen LogP contribution is 2.32. The SMILES string of the molecule is N#CCc1cnc(-c2ccc3occc3c2)n1-c1ccnc(NC2CCCN(C(=O)C3CC3)C2)n1. The summed E-state index contributed by atoms with van der Waals surface area (Å²) in [6.45, 7) is 1.50. The molecule has 2 aliphatic rings. The lowest BCUT2D eigenvalue weighted by molar-refractivity contribution is -0.133. The second-order valence-corrected chi connectivity index (χ2v) is 9.20. The quantitative estimate of drug-likeness (QED) is 0.457. The van der Waals surface area contributed by atoms with E-state index in [1.54, 1.807) is 18.7 Å². The summed E-state index contributed by atoms with van der Waals surface area (Å²) in [5.74, 6) is 2.34. The number of hydrogen-bond donors (Lipinski definition) is 1. The van der Waals surface area contributed by atoms with Crippen LogP contribution in [0.2, 0.25) is 0 Å². The highest BCUT2D eigenvalue weighted by Gasteiger charge is 2.35. The molecular weight excluding hydrogens is 442 g/mol.